The molecule has 1 aromatic carbocycles. The van der Waals surface area contributed by atoms with E-state index in [0.717, 1.165) is 6.07 Å². The van der Waals surface area contributed by atoms with Crippen LogP contribution in [0.2, 0.25) is 0 Å². The molecule has 0 saturated heterocycles. The zero-order valence-electron chi connectivity index (χ0n) is 9.94. The van der Waals surface area contributed by atoms with E-state index < -0.39 is 24.0 Å². The number of benzene rings is 1. The van der Waals surface area contributed by atoms with Gasteiger partial charge in [-0.25, -0.2) is 9.18 Å². The molecule has 94 valence electrons. The topological polar surface area (TPSA) is 55.8 Å². The summed E-state index contributed by atoms with van der Waals surface area (Å²) >= 11 is 0. The highest BCUT2D eigenvalue weighted by molar-refractivity contribution is 5.74. The standard InChI is InChI=1S/C12H15FO4/c1-7(14)10-5-4-9(13)6-11(10)17-8(2)12(15)16-3/h4-8,14H,1-3H3/t7-,8?/m1/s1. The third kappa shape index (κ3) is 3.42. The first-order valence-electron chi connectivity index (χ1n) is 5.17. The van der Waals surface area contributed by atoms with Gasteiger partial charge in [0, 0.05) is 11.6 Å². The summed E-state index contributed by atoms with van der Waals surface area (Å²) in [7, 11) is 1.24. The minimum absolute atomic E-state index is 0.137. The normalized spacial score (nSPS) is 13.9. The van der Waals surface area contributed by atoms with Crippen molar-refractivity contribution in [3.05, 3.63) is 29.6 Å². The summed E-state index contributed by atoms with van der Waals surface area (Å²) in [6, 6.07) is 3.76. The maximum Gasteiger partial charge on any atom is 0.346 e. The molecule has 1 N–H and O–H groups in total. The van der Waals surface area contributed by atoms with Crippen LogP contribution in [-0.2, 0) is 9.53 Å². The second kappa shape index (κ2) is 5.63. The van der Waals surface area contributed by atoms with Gasteiger partial charge in [-0.15, -0.1) is 0 Å². The summed E-state index contributed by atoms with van der Waals surface area (Å²) in [5, 5.41) is 9.49. The summed E-state index contributed by atoms with van der Waals surface area (Å²) in [5.41, 5.74) is 0.419. The number of hydrogen-bond donors (Lipinski definition) is 1. The fraction of sp³-hybridized carbons (Fsp3) is 0.417. The van der Waals surface area contributed by atoms with Crippen LogP contribution in [0.5, 0.6) is 5.75 Å². The summed E-state index contributed by atoms with van der Waals surface area (Å²) in [6.07, 6.45) is -1.67. The molecule has 0 heterocycles. The second-order valence-electron chi connectivity index (χ2n) is 3.64. The maximum atomic E-state index is 13.1. The van der Waals surface area contributed by atoms with Crippen molar-refractivity contribution in [1.29, 1.82) is 0 Å². The van der Waals surface area contributed by atoms with Gasteiger partial charge in [0.05, 0.1) is 13.2 Å². The van der Waals surface area contributed by atoms with Crippen molar-refractivity contribution in [2.75, 3.05) is 7.11 Å². The molecule has 5 heteroatoms. The van der Waals surface area contributed by atoms with E-state index in [0.29, 0.717) is 5.56 Å². The van der Waals surface area contributed by atoms with Gasteiger partial charge in [-0.05, 0) is 26.0 Å². The number of methoxy groups -OCH3 is 1. The van der Waals surface area contributed by atoms with Crippen molar-refractivity contribution >= 4 is 5.97 Å². The minimum atomic E-state index is -0.862. The Morgan fingerprint density at radius 1 is 1.41 bits per heavy atom. The summed E-state index contributed by atoms with van der Waals surface area (Å²) in [4.78, 5) is 11.2. The zero-order chi connectivity index (χ0) is 13.0. The van der Waals surface area contributed by atoms with Gasteiger partial charge in [0.15, 0.2) is 6.10 Å². The van der Waals surface area contributed by atoms with Gasteiger partial charge in [0.25, 0.3) is 0 Å². The van der Waals surface area contributed by atoms with E-state index in [1.54, 1.807) is 0 Å². The van der Waals surface area contributed by atoms with Crippen LogP contribution in [-0.4, -0.2) is 24.3 Å². The highest BCUT2D eigenvalue weighted by Crippen LogP contribution is 2.27. The van der Waals surface area contributed by atoms with Crippen LogP contribution >= 0.6 is 0 Å². The lowest BCUT2D eigenvalue weighted by Crippen LogP contribution is -2.25. The molecule has 0 fully saturated rings. The number of esters is 1. The van der Waals surface area contributed by atoms with Crippen molar-refractivity contribution < 1.29 is 23.8 Å². The highest BCUT2D eigenvalue weighted by Gasteiger charge is 2.18. The molecular weight excluding hydrogens is 227 g/mol. The number of hydrogen-bond acceptors (Lipinski definition) is 4. The summed E-state index contributed by atoms with van der Waals surface area (Å²) < 4.78 is 22.8. The minimum Gasteiger partial charge on any atom is -0.479 e. The molecule has 0 bridgehead atoms. The van der Waals surface area contributed by atoms with Crippen LogP contribution in [0.15, 0.2) is 18.2 Å². The monoisotopic (exact) mass is 242 g/mol. The molecule has 0 aromatic heterocycles. The Morgan fingerprint density at radius 3 is 2.59 bits per heavy atom. The maximum absolute atomic E-state index is 13.1. The molecule has 0 spiro atoms. The molecular formula is C12H15FO4. The molecule has 0 aliphatic carbocycles. The van der Waals surface area contributed by atoms with Crippen LogP contribution in [0, 0.1) is 5.82 Å². The van der Waals surface area contributed by atoms with E-state index >= 15 is 0 Å². The fourth-order valence-corrected chi connectivity index (χ4v) is 1.36. The average molecular weight is 242 g/mol. The summed E-state index contributed by atoms with van der Waals surface area (Å²) in [5.74, 6) is -0.926. The van der Waals surface area contributed by atoms with Gasteiger partial charge in [0.1, 0.15) is 11.6 Å². The molecule has 0 amide bonds. The van der Waals surface area contributed by atoms with Crippen molar-refractivity contribution in [3.8, 4) is 5.75 Å². The molecule has 2 atom stereocenters. The molecule has 17 heavy (non-hydrogen) atoms. The fourth-order valence-electron chi connectivity index (χ4n) is 1.36. The van der Waals surface area contributed by atoms with Gasteiger partial charge >= 0.3 is 5.97 Å². The molecule has 1 rings (SSSR count). The number of aliphatic hydroxyl groups is 1. The SMILES string of the molecule is COC(=O)C(C)Oc1cc(F)ccc1[C@@H](C)O. The lowest BCUT2D eigenvalue weighted by molar-refractivity contribution is -0.148. The van der Waals surface area contributed by atoms with Crippen molar-refractivity contribution in [2.45, 2.75) is 26.1 Å². The molecule has 1 unspecified atom stereocenters. The van der Waals surface area contributed by atoms with Crippen LogP contribution in [0.1, 0.15) is 25.5 Å². The van der Waals surface area contributed by atoms with Crippen molar-refractivity contribution in [3.63, 3.8) is 0 Å². The van der Waals surface area contributed by atoms with Gasteiger partial charge in [-0.3, -0.25) is 0 Å². The highest BCUT2D eigenvalue weighted by atomic mass is 19.1. The van der Waals surface area contributed by atoms with Gasteiger partial charge < -0.3 is 14.6 Å². The van der Waals surface area contributed by atoms with Crippen LogP contribution in [0.4, 0.5) is 4.39 Å². The molecule has 1 aromatic rings. The van der Waals surface area contributed by atoms with Crippen LogP contribution in [0.25, 0.3) is 0 Å². The average Bonchev–Trinajstić information content (AvgIpc) is 2.27. The lowest BCUT2D eigenvalue weighted by atomic mass is 10.1. The molecule has 0 radical (unpaired) electrons. The Balaban J connectivity index is 2.96. The Labute approximate surface area is 99.0 Å². The van der Waals surface area contributed by atoms with Gasteiger partial charge in [0.2, 0.25) is 0 Å². The zero-order valence-corrected chi connectivity index (χ0v) is 9.94. The van der Waals surface area contributed by atoms with E-state index in [1.807, 2.05) is 0 Å². The summed E-state index contributed by atoms with van der Waals surface area (Å²) in [6.45, 7) is 3.02. The van der Waals surface area contributed by atoms with Crippen molar-refractivity contribution in [1.82, 2.24) is 0 Å². The number of halogens is 1. The third-order valence-electron chi connectivity index (χ3n) is 2.26. The number of carbonyl (C=O) groups excluding carboxylic acids is 1. The second-order valence-corrected chi connectivity index (χ2v) is 3.64. The third-order valence-corrected chi connectivity index (χ3v) is 2.26. The quantitative estimate of drug-likeness (QED) is 0.818. The van der Waals surface area contributed by atoms with E-state index in [2.05, 4.69) is 4.74 Å². The molecule has 0 aliphatic heterocycles. The van der Waals surface area contributed by atoms with Gasteiger partial charge in [-0.1, -0.05) is 0 Å². The first-order valence-corrected chi connectivity index (χ1v) is 5.17. The molecule has 0 saturated carbocycles. The first-order chi connectivity index (χ1) is 7.95. The Bertz CT molecular complexity index is 403. The van der Waals surface area contributed by atoms with E-state index in [4.69, 9.17) is 4.74 Å². The number of rotatable bonds is 4. The number of aliphatic hydroxyl groups excluding tert-OH is 1. The smallest absolute Gasteiger partial charge is 0.346 e. The first kappa shape index (κ1) is 13.4. The molecule has 4 nitrogen and oxygen atoms in total. The van der Waals surface area contributed by atoms with E-state index in [1.165, 1.54) is 33.1 Å². The predicted molar refractivity (Wildman–Crippen MR) is 59.1 cm³/mol. The van der Waals surface area contributed by atoms with Crippen LogP contribution in [0.3, 0.4) is 0 Å². The predicted octanol–water partition coefficient (Wildman–Crippen LogP) is 1.82. The largest absolute Gasteiger partial charge is 0.479 e. The molecule has 0 aliphatic rings. The van der Waals surface area contributed by atoms with E-state index in [9.17, 15) is 14.3 Å². The number of ether oxygens (including phenoxy) is 2. The lowest BCUT2D eigenvalue weighted by Gasteiger charge is -2.17. The van der Waals surface area contributed by atoms with E-state index in [-0.39, 0.29) is 5.75 Å². The number of carbonyl (C=O) groups is 1. The van der Waals surface area contributed by atoms with Crippen molar-refractivity contribution in [2.24, 2.45) is 0 Å². The Hall–Kier alpha value is -1.62. The Morgan fingerprint density at radius 2 is 2.06 bits per heavy atom. The Kier molecular flexibility index (Phi) is 4.45. The van der Waals surface area contributed by atoms with Gasteiger partial charge in [-0.2, -0.15) is 0 Å². The van der Waals surface area contributed by atoms with Crippen LogP contribution < -0.4 is 4.74 Å².